The third kappa shape index (κ3) is 5.01. The first kappa shape index (κ1) is 18.4. The topological polar surface area (TPSA) is 76.0 Å². The zero-order valence-electron chi connectivity index (χ0n) is 14.4. The lowest BCUT2D eigenvalue weighted by Gasteiger charge is -2.11. The van der Waals surface area contributed by atoms with Crippen LogP contribution in [0.4, 0.5) is 0 Å². The zero-order chi connectivity index (χ0) is 18.2. The maximum absolute atomic E-state index is 11.6. The molecule has 0 aliphatic heterocycles. The molecule has 0 spiro atoms. The van der Waals surface area contributed by atoms with Crippen molar-refractivity contribution in [3.8, 4) is 17.2 Å². The molecule has 0 saturated heterocycles. The maximum atomic E-state index is 11.6. The zero-order valence-corrected chi connectivity index (χ0v) is 14.4. The number of carboxylic acid groups (broad SMARTS) is 1. The Bertz CT molecular complexity index is 747. The molecule has 2 aromatic rings. The van der Waals surface area contributed by atoms with Gasteiger partial charge in [0, 0.05) is 0 Å². The van der Waals surface area contributed by atoms with Crippen molar-refractivity contribution in [1.29, 1.82) is 0 Å². The summed E-state index contributed by atoms with van der Waals surface area (Å²) in [4.78, 5) is 11.6. The van der Waals surface area contributed by atoms with Crippen LogP contribution >= 0.6 is 0 Å². The van der Waals surface area contributed by atoms with Gasteiger partial charge in [0.15, 0.2) is 11.5 Å². The van der Waals surface area contributed by atoms with Crippen LogP contribution in [0, 0.1) is 0 Å². The second-order valence-corrected chi connectivity index (χ2v) is 5.52. The molecule has 0 unspecified atom stereocenters. The summed E-state index contributed by atoms with van der Waals surface area (Å²) in [6, 6.07) is 11.3. The minimum absolute atomic E-state index is 0.0875. The van der Waals surface area contributed by atoms with Gasteiger partial charge in [0.25, 0.3) is 0 Å². The van der Waals surface area contributed by atoms with E-state index in [4.69, 9.17) is 9.47 Å². The van der Waals surface area contributed by atoms with Gasteiger partial charge >= 0.3 is 5.97 Å². The SMILES string of the molecule is CCCCOc1cc(/C=C(\C(=O)O)c2ccc(O)cc2)ccc1OC. The highest BCUT2D eigenvalue weighted by molar-refractivity contribution is 6.20. The van der Waals surface area contributed by atoms with Gasteiger partial charge in [-0.1, -0.05) is 31.5 Å². The first-order chi connectivity index (χ1) is 12.0. The molecule has 0 radical (unpaired) electrons. The van der Waals surface area contributed by atoms with Crippen molar-refractivity contribution in [3.63, 3.8) is 0 Å². The molecule has 0 atom stereocenters. The number of rotatable bonds is 8. The molecule has 2 aromatic carbocycles. The van der Waals surface area contributed by atoms with Crippen LogP contribution in [-0.4, -0.2) is 29.9 Å². The van der Waals surface area contributed by atoms with E-state index in [9.17, 15) is 15.0 Å². The molecule has 0 heterocycles. The number of carboxylic acids is 1. The van der Waals surface area contributed by atoms with Crippen molar-refractivity contribution in [2.24, 2.45) is 0 Å². The van der Waals surface area contributed by atoms with Crippen molar-refractivity contribution in [2.45, 2.75) is 19.8 Å². The minimum atomic E-state index is -1.05. The first-order valence-corrected chi connectivity index (χ1v) is 8.10. The van der Waals surface area contributed by atoms with Gasteiger partial charge in [-0.2, -0.15) is 0 Å². The average Bonchev–Trinajstić information content (AvgIpc) is 2.61. The molecule has 0 aliphatic carbocycles. The Morgan fingerprint density at radius 1 is 1.12 bits per heavy atom. The Morgan fingerprint density at radius 2 is 1.84 bits per heavy atom. The third-order valence-corrected chi connectivity index (χ3v) is 3.66. The van der Waals surface area contributed by atoms with E-state index < -0.39 is 5.97 Å². The van der Waals surface area contributed by atoms with Crippen molar-refractivity contribution in [1.82, 2.24) is 0 Å². The summed E-state index contributed by atoms with van der Waals surface area (Å²) in [5, 5.41) is 18.9. The Kier molecular flexibility index (Phi) is 6.46. The first-order valence-electron chi connectivity index (χ1n) is 8.10. The number of benzene rings is 2. The van der Waals surface area contributed by atoms with Gasteiger partial charge in [-0.3, -0.25) is 0 Å². The highest BCUT2D eigenvalue weighted by Crippen LogP contribution is 2.30. The molecule has 5 heteroatoms. The Labute approximate surface area is 147 Å². The summed E-state index contributed by atoms with van der Waals surface area (Å²) < 4.78 is 11.0. The number of ether oxygens (including phenoxy) is 2. The number of aromatic hydroxyl groups is 1. The van der Waals surface area contributed by atoms with Gasteiger partial charge in [0.05, 0.1) is 19.3 Å². The largest absolute Gasteiger partial charge is 0.508 e. The number of unbranched alkanes of at least 4 members (excludes halogenated alkanes) is 1. The standard InChI is InChI=1S/C20H22O5/c1-3-4-11-25-19-13-14(5-10-18(19)24-2)12-17(20(22)23)15-6-8-16(21)9-7-15/h5-10,12-13,21H,3-4,11H2,1-2H3,(H,22,23)/b17-12-. The van der Waals surface area contributed by atoms with Crippen LogP contribution < -0.4 is 9.47 Å². The van der Waals surface area contributed by atoms with Crippen LogP contribution in [0.25, 0.3) is 11.6 Å². The fourth-order valence-electron chi connectivity index (χ4n) is 2.30. The Hall–Kier alpha value is -2.95. The number of methoxy groups -OCH3 is 1. The van der Waals surface area contributed by atoms with Gasteiger partial charge in [0.1, 0.15) is 5.75 Å². The monoisotopic (exact) mass is 342 g/mol. The fourth-order valence-corrected chi connectivity index (χ4v) is 2.30. The summed E-state index contributed by atoms with van der Waals surface area (Å²) in [5.41, 5.74) is 1.33. The summed E-state index contributed by atoms with van der Waals surface area (Å²) in [6.45, 7) is 2.65. The highest BCUT2D eigenvalue weighted by atomic mass is 16.5. The quantitative estimate of drug-likeness (QED) is 0.427. The highest BCUT2D eigenvalue weighted by Gasteiger charge is 2.12. The van der Waals surface area contributed by atoms with E-state index in [2.05, 4.69) is 6.92 Å². The normalized spacial score (nSPS) is 11.2. The number of phenolic OH excluding ortho intramolecular Hbond substituents is 1. The van der Waals surface area contributed by atoms with Gasteiger partial charge < -0.3 is 19.7 Å². The lowest BCUT2D eigenvalue weighted by atomic mass is 10.0. The van der Waals surface area contributed by atoms with Crippen molar-refractivity contribution in [3.05, 3.63) is 53.6 Å². The number of carbonyl (C=O) groups is 1. The van der Waals surface area contributed by atoms with Crippen LogP contribution in [0.2, 0.25) is 0 Å². The molecular formula is C20H22O5. The van der Waals surface area contributed by atoms with Crippen LogP contribution in [0.5, 0.6) is 17.2 Å². The van der Waals surface area contributed by atoms with E-state index >= 15 is 0 Å². The molecule has 132 valence electrons. The van der Waals surface area contributed by atoms with Crippen LogP contribution in [0.3, 0.4) is 0 Å². The number of aliphatic carboxylic acids is 1. The van der Waals surface area contributed by atoms with Gasteiger partial charge in [-0.15, -0.1) is 0 Å². The van der Waals surface area contributed by atoms with E-state index in [0.29, 0.717) is 29.2 Å². The third-order valence-electron chi connectivity index (χ3n) is 3.66. The number of hydrogen-bond acceptors (Lipinski definition) is 4. The van der Waals surface area contributed by atoms with Crippen LogP contribution in [0.1, 0.15) is 30.9 Å². The van der Waals surface area contributed by atoms with Gasteiger partial charge in [-0.25, -0.2) is 4.79 Å². The molecular weight excluding hydrogens is 320 g/mol. The summed E-state index contributed by atoms with van der Waals surface area (Å²) in [6.07, 6.45) is 3.52. The second-order valence-electron chi connectivity index (χ2n) is 5.52. The lowest BCUT2D eigenvalue weighted by Crippen LogP contribution is -2.01. The molecule has 0 amide bonds. The molecule has 0 bridgehead atoms. The summed E-state index contributed by atoms with van der Waals surface area (Å²) in [5.74, 6) is 0.231. The average molecular weight is 342 g/mol. The molecule has 0 saturated carbocycles. The van der Waals surface area contributed by atoms with E-state index in [-0.39, 0.29) is 11.3 Å². The molecule has 0 aromatic heterocycles. The smallest absolute Gasteiger partial charge is 0.336 e. The molecule has 0 aliphatic rings. The predicted molar refractivity (Wildman–Crippen MR) is 97.0 cm³/mol. The Morgan fingerprint density at radius 3 is 2.44 bits per heavy atom. The molecule has 0 fully saturated rings. The van der Waals surface area contributed by atoms with E-state index in [0.717, 1.165) is 12.8 Å². The van der Waals surface area contributed by atoms with E-state index in [1.165, 1.54) is 12.1 Å². The number of phenols is 1. The van der Waals surface area contributed by atoms with Gasteiger partial charge in [0.2, 0.25) is 0 Å². The minimum Gasteiger partial charge on any atom is -0.508 e. The van der Waals surface area contributed by atoms with Crippen LogP contribution in [0.15, 0.2) is 42.5 Å². The maximum Gasteiger partial charge on any atom is 0.336 e. The van der Waals surface area contributed by atoms with Crippen LogP contribution in [-0.2, 0) is 4.79 Å². The molecule has 5 nitrogen and oxygen atoms in total. The fraction of sp³-hybridized carbons (Fsp3) is 0.250. The molecule has 2 N–H and O–H groups in total. The van der Waals surface area contributed by atoms with Crippen molar-refractivity contribution < 1.29 is 24.5 Å². The summed E-state index contributed by atoms with van der Waals surface area (Å²) in [7, 11) is 1.57. The Balaban J connectivity index is 2.37. The van der Waals surface area contributed by atoms with Crippen molar-refractivity contribution in [2.75, 3.05) is 13.7 Å². The lowest BCUT2D eigenvalue weighted by molar-refractivity contribution is -0.130. The second kappa shape index (κ2) is 8.78. The number of hydrogen-bond donors (Lipinski definition) is 2. The van der Waals surface area contributed by atoms with E-state index in [1.54, 1.807) is 43.5 Å². The summed E-state index contributed by atoms with van der Waals surface area (Å²) >= 11 is 0. The predicted octanol–water partition coefficient (Wildman–Crippen LogP) is 4.20. The van der Waals surface area contributed by atoms with Gasteiger partial charge in [-0.05, 0) is 47.9 Å². The molecule has 2 rings (SSSR count). The van der Waals surface area contributed by atoms with E-state index in [1.807, 2.05) is 0 Å². The molecule has 25 heavy (non-hydrogen) atoms. The van der Waals surface area contributed by atoms with Crippen molar-refractivity contribution >= 4 is 17.6 Å².